The quantitative estimate of drug-likeness (QED) is 0.848. The maximum Gasteiger partial charge on any atom is 0.306 e. The molecule has 0 saturated carbocycles. The lowest BCUT2D eigenvalue weighted by atomic mass is 9.96. The molecule has 0 aliphatic carbocycles. The lowest BCUT2D eigenvalue weighted by Crippen LogP contribution is -2.37. The van der Waals surface area contributed by atoms with Crippen molar-refractivity contribution in [2.75, 3.05) is 19.6 Å². The third-order valence-corrected chi connectivity index (χ3v) is 4.64. The molecule has 1 unspecified atom stereocenters. The Morgan fingerprint density at radius 2 is 1.73 bits per heavy atom. The van der Waals surface area contributed by atoms with E-state index in [9.17, 15) is 9.90 Å². The summed E-state index contributed by atoms with van der Waals surface area (Å²) in [7, 11) is 0. The van der Waals surface area contributed by atoms with Crippen molar-refractivity contribution in [3.05, 3.63) is 35.4 Å². The highest BCUT2D eigenvalue weighted by atomic mass is 16.4. The molecule has 122 valence electrons. The van der Waals surface area contributed by atoms with Crippen LogP contribution < -0.4 is 0 Å². The number of aliphatic hydroxyl groups excluding tert-OH is 1. The fourth-order valence-corrected chi connectivity index (χ4v) is 2.98. The van der Waals surface area contributed by atoms with Gasteiger partial charge in [-0.15, -0.1) is 0 Å². The molecule has 0 aromatic heterocycles. The molecule has 1 aromatic rings. The summed E-state index contributed by atoms with van der Waals surface area (Å²) in [6.07, 6.45) is 1.68. The average Bonchev–Trinajstić information content (AvgIpc) is 2.53. The van der Waals surface area contributed by atoms with Crippen molar-refractivity contribution < 1.29 is 15.0 Å². The minimum Gasteiger partial charge on any atom is -0.481 e. The van der Waals surface area contributed by atoms with Gasteiger partial charge >= 0.3 is 5.97 Å². The summed E-state index contributed by atoms with van der Waals surface area (Å²) < 4.78 is 0. The number of likely N-dealkylation sites (tertiary alicyclic amines) is 1. The molecule has 1 fully saturated rings. The lowest BCUT2D eigenvalue weighted by Gasteiger charge is -2.30. The molecule has 1 saturated heterocycles. The standard InChI is InChI=1S/C18H27NO3/c1-13(2)14-3-5-15(6-4-14)17(20)9-12-19-10-7-16(8-11-19)18(21)22/h3-6,13,16-17,20H,7-12H2,1-2H3,(H,21,22). The molecular formula is C18H27NO3. The number of nitrogens with zero attached hydrogens (tertiary/aromatic N) is 1. The van der Waals surface area contributed by atoms with Gasteiger partial charge in [0.05, 0.1) is 12.0 Å². The molecule has 0 amide bonds. The number of rotatable bonds is 6. The van der Waals surface area contributed by atoms with E-state index >= 15 is 0 Å². The number of benzene rings is 1. The fraction of sp³-hybridized carbons (Fsp3) is 0.611. The second kappa shape index (κ2) is 7.75. The van der Waals surface area contributed by atoms with E-state index in [1.165, 1.54) is 5.56 Å². The van der Waals surface area contributed by atoms with E-state index in [2.05, 4.69) is 30.9 Å². The smallest absolute Gasteiger partial charge is 0.306 e. The maximum absolute atomic E-state index is 10.9. The number of carbonyl (C=O) groups is 1. The van der Waals surface area contributed by atoms with Crippen LogP contribution in [0, 0.1) is 5.92 Å². The summed E-state index contributed by atoms with van der Waals surface area (Å²) in [4.78, 5) is 13.2. The minimum atomic E-state index is -0.676. The van der Waals surface area contributed by atoms with Crippen LogP contribution in [0.15, 0.2) is 24.3 Å². The minimum absolute atomic E-state index is 0.190. The van der Waals surface area contributed by atoms with Crippen molar-refractivity contribution in [2.24, 2.45) is 5.92 Å². The Bertz CT molecular complexity index is 476. The van der Waals surface area contributed by atoms with Crippen molar-refractivity contribution in [1.82, 2.24) is 4.90 Å². The molecule has 0 radical (unpaired) electrons. The van der Waals surface area contributed by atoms with Crippen LogP contribution in [0.1, 0.15) is 56.3 Å². The maximum atomic E-state index is 10.9. The van der Waals surface area contributed by atoms with E-state index in [1.807, 2.05) is 12.1 Å². The number of piperidine rings is 1. The van der Waals surface area contributed by atoms with Crippen molar-refractivity contribution in [3.63, 3.8) is 0 Å². The van der Waals surface area contributed by atoms with E-state index < -0.39 is 12.1 Å². The number of carboxylic acids is 1. The Balaban J connectivity index is 1.78. The zero-order valence-corrected chi connectivity index (χ0v) is 13.5. The zero-order valence-electron chi connectivity index (χ0n) is 13.5. The van der Waals surface area contributed by atoms with Gasteiger partial charge in [-0.1, -0.05) is 38.1 Å². The molecule has 2 N–H and O–H groups in total. The summed E-state index contributed by atoms with van der Waals surface area (Å²) in [6, 6.07) is 8.19. The van der Waals surface area contributed by atoms with E-state index in [1.54, 1.807) is 0 Å². The van der Waals surface area contributed by atoms with Gasteiger partial charge in [-0.05, 0) is 49.4 Å². The molecule has 22 heavy (non-hydrogen) atoms. The molecule has 1 atom stereocenters. The molecule has 1 aromatic carbocycles. The second-order valence-electron chi connectivity index (χ2n) is 6.58. The average molecular weight is 305 g/mol. The first-order chi connectivity index (χ1) is 10.5. The van der Waals surface area contributed by atoms with Crippen molar-refractivity contribution >= 4 is 5.97 Å². The highest BCUT2D eigenvalue weighted by molar-refractivity contribution is 5.70. The zero-order chi connectivity index (χ0) is 16.1. The Morgan fingerprint density at radius 3 is 2.23 bits per heavy atom. The molecule has 4 heteroatoms. The number of aliphatic hydroxyl groups is 1. The van der Waals surface area contributed by atoms with Crippen LogP contribution in [0.25, 0.3) is 0 Å². The van der Waals surface area contributed by atoms with Crippen LogP contribution in [-0.4, -0.2) is 40.7 Å². The Kier molecular flexibility index (Phi) is 5.98. The second-order valence-corrected chi connectivity index (χ2v) is 6.58. The first kappa shape index (κ1) is 17.0. The SMILES string of the molecule is CC(C)c1ccc(C(O)CCN2CCC(C(=O)O)CC2)cc1. The van der Waals surface area contributed by atoms with Crippen molar-refractivity contribution in [1.29, 1.82) is 0 Å². The van der Waals surface area contributed by atoms with E-state index in [0.29, 0.717) is 25.2 Å². The number of carboxylic acid groups (broad SMARTS) is 1. The van der Waals surface area contributed by atoms with Crippen LogP contribution in [-0.2, 0) is 4.79 Å². The van der Waals surface area contributed by atoms with Gasteiger partial charge in [-0.2, -0.15) is 0 Å². The predicted octanol–water partition coefficient (Wildman–Crippen LogP) is 3.03. The first-order valence-electron chi connectivity index (χ1n) is 8.20. The van der Waals surface area contributed by atoms with Crippen LogP contribution in [0.3, 0.4) is 0 Å². The van der Waals surface area contributed by atoms with Gasteiger partial charge in [0.1, 0.15) is 0 Å². The molecular weight excluding hydrogens is 278 g/mol. The van der Waals surface area contributed by atoms with Gasteiger partial charge in [-0.3, -0.25) is 4.79 Å². The highest BCUT2D eigenvalue weighted by Crippen LogP contribution is 2.22. The van der Waals surface area contributed by atoms with Crippen LogP contribution in [0.5, 0.6) is 0 Å². The molecule has 1 aliphatic rings. The largest absolute Gasteiger partial charge is 0.481 e. The van der Waals surface area contributed by atoms with Gasteiger partial charge in [0.25, 0.3) is 0 Å². The summed E-state index contributed by atoms with van der Waals surface area (Å²) in [5.41, 5.74) is 2.25. The van der Waals surface area contributed by atoms with E-state index in [0.717, 1.165) is 25.2 Å². The van der Waals surface area contributed by atoms with Crippen molar-refractivity contribution in [2.45, 2.75) is 45.1 Å². The van der Waals surface area contributed by atoms with Crippen LogP contribution in [0.4, 0.5) is 0 Å². The first-order valence-corrected chi connectivity index (χ1v) is 8.20. The normalized spacial score (nSPS) is 18.5. The lowest BCUT2D eigenvalue weighted by molar-refractivity contribution is -0.143. The van der Waals surface area contributed by atoms with Gasteiger partial charge in [0, 0.05) is 6.54 Å². The Morgan fingerprint density at radius 1 is 1.18 bits per heavy atom. The fourth-order valence-electron chi connectivity index (χ4n) is 2.98. The predicted molar refractivity (Wildman–Crippen MR) is 86.9 cm³/mol. The monoisotopic (exact) mass is 305 g/mol. The van der Waals surface area contributed by atoms with Gasteiger partial charge in [0.2, 0.25) is 0 Å². The number of aliphatic carboxylic acids is 1. The summed E-state index contributed by atoms with van der Waals surface area (Å²) in [6.45, 7) is 6.77. The molecule has 4 nitrogen and oxygen atoms in total. The highest BCUT2D eigenvalue weighted by Gasteiger charge is 2.24. The molecule has 0 bridgehead atoms. The molecule has 1 heterocycles. The topological polar surface area (TPSA) is 60.8 Å². The molecule has 0 spiro atoms. The van der Waals surface area contributed by atoms with Gasteiger partial charge < -0.3 is 15.1 Å². The van der Waals surface area contributed by atoms with E-state index in [4.69, 9.17) is 5.11 Å². The number of hydrogen-bond acceptors (Lipinski definition) is 3. The molecule has 1 aliphatic heterocycles. The van der Waals surface area contributed by atoms with Crippen molar-refractivity contribution in [3.8, 4) is 0 Å². The Labute approximate surface area is 132 Å². The summed E-state index contributed by atoms with van der Waals surface area (Å²) >= 11 is 0. The van der Waals surface area contributed by atoms with E-state index in [-0.39, 0.29) is 5.92 Å². The van der Waals surface area contributed by atoms with Gasteiger partial charge in [-0.25, -0.2) is 0 Å². The third kappa shape index (κ3) is 4.55. The Hall–Kier alpha value is -1.39. The van der Waals surface area contributed by atoms with Crippen LogP contribution >= 0.6 is 0 Å². The molecule has 2 rings (SSSR count). The number of hydrogen-bond donors (Lipinski definition) is 2. The van der Waals surface area contributed by atoms with Crippen LogP contribution in [0.2, 0.25) is 0 Å². The van der Waals surface area contributed by atoms with Gasteiger partial charge in [0.15, 0.2) is 0 Å². The summed E-state index contributed by atoms with van der Waals surface area (Å²) in [5.74, 6) is -0.364. The third-order valence-electron chi connectivity index (χ3n) is 4.64. The summed E-state index contributed by atoms with van der Waals surface area (Å²) in [5, 5.41) is 19.3.